The van der Waals surface area contributed by atoms with E-state index in [1.165, 1.54) is 0 Å². The summed E-state index contributed by atoms with van der Waals surface area (Å²) in [5.41, 5.74) is 7.44. The molecule has 0 unspecified atom stereocenters. The second-order valence-corrected chi connectivity index (χ2v) is 4.34. The van der Waals surface area contributed by atoms with Crippen LogP contribution in [0.5, 0.6) is 5.75 Å². The van der Waals surface area contributed by atoms with Crippen molar-refractivity contribution in [1.82, 2.24) is 0 Å². The molecule has 4 nitrogen and oxygen atoms in total. The Morgan fingerprint density at radius 3 is 2.79 bits per heavy atom. The standard InChI is InChI=1S/C15H21NO3/c1-19-14-8-6-12(7-9-15(17)18)11-13(14)5-3-2-4-10-16/h6-9,11H,2-5,10,16H2,1H3,(H,17,18). The molecule has 0 spiro atoms. The summed E-state index contributed by atoms with van der Waals surface area (Å²) in [6.45, 7) is 0.721. The zero-order chi connectivity index (χ0) is 14.1. The first-order chi connectivity index (χ1) is 9.17. The molecule has 0 fully saturated rings. The molecule has 0 radical (unpaired) electrons. The van der Waals surface area contributed by atoms with Gasteiger partial charge in [-0.25, -0.2) is 4.79 Å². The normalized spacial score (nSPS) is 10.8. The lowest BCUT2D eigenvalue weighted by Crippen LogP contribution is -1.99. The molecule has 0 saturated carbocycles. The van der Waals surface area contributed by atoms with E-state index in [2.05, 4.69) is 0 Å². The van der Waals surface area contributed by atoms with Gasteiger partial charge >= 0.3 is 5.97 Å². The van der Waals surface area contributed by atoms with E-state index in [0.717, 1.165) is 55.2 Å². The van der Waals surface area contributed by atoms with Gasteiger partial charge in [0, 0.05) is 6.08 Å². The molecule has 0 bridgehead atoms. The Bertz CT molecular complexity index is 441. The van der Waals surface area contributed by atoms with Crippen LogP contribution in [0.1, 0.15) is 30.4 Å². The van der Waals surface area contributed by atoms with Gasteiger partial charge in [-0.1, -0.05) is 12.5 Å². The SMILES string of the molecule is COc1ccc(C=CC(=O)O)cc1CCCCCN. The highest BCUT2D eigenvalue weighted by Gasteiger charge is 2.03. The van der Waals surface area contributed by atoms with Crippen molar-refractivity contribution in [3.8, 4) is 5.75 Å². The van der Waals surface area contributed by atoms with Crippen molar-refractivity contribution in [1.29, 1.82) is 0 Å². The summed E-state index contributed by atoms with van der Waals surface area (Å²) in [5.74, 6) is -0.0967. The molecule has 0 atom stereocenters. The smallest absolute Gasteiger partial charge is 0.328 e. The first kappa shape index (κ1) is 15.2. The van der Waals surface area contributed by atoms with Gasteiger partial charge < -0.3 is 15.6 Å². The van der Waals surface area contributed by atoms with Gasteiger partial charge in [-0.2, -0.15) is 0 Å². The fourth-order valence-corrected chi connectivity index (χ4v) is 1.90. The van der Waals surface area contributed by atoms with E-state index in [0.29, 0.717) is 0 Å². The van der Waals surface area contributed by atoms with Crippen molar-refractivity contribution < 1.29 is 14.6 Å². The molecule has 0 saturated heterocycles. The number of benzene rings is 1. The minimum Gasteiger partial charge on any atom is -0.496 e. The van der Waals surface area contributed by atoms with Crippen molar-refractivity contribution in [2.24, 2.45) is 5.73 Å². The van der Waals surface area contributed by atoms with Gasteiger partial charge in [0.15, 0.2) is 0 Å². The van der Waals surface area contributed by atoms with Crippen LogP contribution in [0.4, 0.5) is 0 Å². The maximum atomic E-state index is 10.5. The van der Waals surface area contributed by atoms with E-state index in [1.54, 1.807) is 13.2 Å². The molecule has 0 aromatic heterocycles. The highest BCUT2D eigenvalue weighted by Crippen LogP contribution is 2.22. The number of unbranched alkanes of at least 4 members (excludes halogenated alkanes) is 2. The van der Waals surface area contributed by atoms with Crippen molar-refractivity contribution in [2.75, 3.05) is 13.7 Å². The van der Waals surface area contributed by atoms with E-state index in [4.69, 9.17) is 15.6 Å². The molecule has 4 heteroatoms. The molecule has 0 heterocycles. The van der Waals surface area contributed by atoms with Crippen molar-refractivity contribution in [3.05, 3.63) is 35.4 Å². The number of carboxylic acid groups (broad SMARTS) is 1. The lowest BCUT2D eigenvalue weighted by atomic mass is 10.0. The number of nitrogens with two attached hydrogens (primary N) is 1. The number of aliphatic carboxylic acids is 1. The number of methoxy groups -OCH3 is 1. The molecule has 19 heavy (non-hydrogen) atoms. The van der Waals surface area contributed by atoms with Crippen molar-refractivity contribution >= 4 is 12.0 Å². The molecule has 0 aliphatic carbocycles. The summed E-state index contributed by atoms with van der Waals surface area (Å²) in [5, 5.41) is 8.62. The molecule has 0 amide bonds. The van der Waals surface area contributed by atoms with Gasteiger partial charge in [-0.05, 0) is 55.1 Å². The molecule has 1 rings (SSSR count). The maximum Gasteiger partial charge on any atom is 0.328 e. The summed E-state index contributed by atoms with van der Waals surface area (Å²) in [6, 6.07) is 5.70. The monoisotopic (exact) mass is 263 g/mol. The van der Waals surface area contributed by atoms with Crippen LogP contribution >= 0.6 is 0 Å². The summed E-state index contributed by atoms with van der Waals surface area (Å²) >= 11 is 0. The Balaban J connectivity index is 2.75. The highest BCUT2D eigenvalue weighted by atomic mass is 16.5. The Labute approximate surface area is 113 Å². The van der Waals surface area contributed by atoms with E-state index in [9.17, 15) is 4.79 Å². The molecule has 104 valence electrons. The van der Waals surface area contributed by atoms with E-state index >= 15 is 0 Å². The van der Waals surface area contributed by atoms with Crippen molar-refractivity contribution in [2.45, 2.75) is 25.7 Å². The quantitative estimate of drug-likeness (QED) is 0.558. The fourth-order valence-electron chi connectivity index (χ4n) is 1.90. The lowest BCUT2D eigenvalue weighted by molar-refractivity contribution is -0.131. The topological polar surface area (TPSA) is 72.5 Å². The average Bonchev–Trinajstić information content (AvgIpc) is 2.41. The third kappa shape index (κ3) is 5.57. The Kier molecular flexibility index (Phi) is 6.68. The van der Waals surface area contributed by atoms with Gasteiger partial charge in [0.1, 0.15) is 5.75 Å². The molecular weight excluding hydrogens is 242 g/mol. The molecule has 1 aromatic carbocycles. The second kappa shape index (κ2) is 8.32. The molecule has 3 N–H and O–H groups in total. The molecule has 0 aliphatic heterocycles. The van der Waals surface area contributed by atoms with Gasteiger partial charge in [-0.3, -0.25) is 0 Å². The summed E-state index contributed by atoms with van der Waals surface area (Å²) in [6.07, 6.45) is 6.82. The Morgan fingerprint density at radius 1 is 1.37 bits per heavy atom. The van der Waals surface area contributed by atoms with Gasteiger partial charge in [0.2, 0.25) is 0 Å². The molecule has 0 aliphatic rings. The van der Waals surface area contributed by atoms with E-state index in [1.807, 2.05) is 18.2 Å². The summed E-state index contributed by atoms with van der Waals surface area (Å²) < 4.78 is 5.32. The summed E-state index contributed by atoms with van der Waals surface area (Å²) in [7, 11) is 1.64. The number of hydrogen-bond donors (Lipinski definition) is 2. The highest BCUT2D eigenvalue weighted by molar-refractivity contribution is 5.85. The van der Waals surface area contributed by atoms with E-state index < -0.39 is 5.97 Å². The average molecular weight is 263 g/mol. The number of ether oxygens (including phenoxy) is 1. The fraction of sp³-hybridized carbons (Fsp3) is 0.400. The number of carboxylic acids is 1. The lowest BCUT2D eigenvalue weighted by Gasteiger charge is -2.09. The Hall–Kier alpha value is -1.81. The van der Waals surface area contributed by atoms with Crippen LogP contribution in [0.2, 0.25) is 0 Å². The van der Waals surface area contributed by atoms with Crippen LogP contribution in [-0.4, -0.2) is 24.7 Å². The molecule has 1 aromatic rings. The number of carbonyl (C=O) groups is 1. The van der Waals surface area contributed by atoms with E-state index in [-0.39, 0.29) is 0 Å². The van der Waals surface area contributed by atoms with Crippen LogP contribution in [0.15, 0.2) is 24.3 Å². The predicted molar refractivity (Wildman–Crippen MR) is 76.3 cm³/mol. The second-order valence-electron chi connectivity index (χ2n) is 4.34. The third-order valence-corrected chi connectivity index (χ3v) is 2.87. The van der Waals surface area contributed by atoms with Crippen molar-refractivity contribution in [3.63, 3.8) is 0 Å². The minimum absolute atomic E-state index is 0.721. The van der Waals surface area contributed by atoms with Gasteiger partial charge in [0.05, 0.1) is 7.11 Å². The van der Waals surface area contributed by atoms with Crippen LogP contribution in [0.25, 0.3) is 6.08 Å². The minimum atomic E-state index is -0.944. The van der Waals surface area contributed by atoms with Crippen LogP contribution in [-0.2, 0) is 11.2 Å². The van der Waals surface area contributed by atoms with Crippen LogP contribution in [0, 0.1) is 0 Å². The van der Waals surface area contributed by atoms with Crippen LogP contribution < -0.4 is 10.5 Å². The first-order valence-electron chi connectivity index (χ1n) is 6.45. The molecular formula is C15H21NO3. The number of hydrogen-bond acceptors (Lipinski definition) is 3. The third-order valence-electron chi connectivity index (χ3n) is 2.87. The number of aryl methyl sites for hydroxylation is 1. The van der Waals surface area contributed by atoms with Crippen LogP contribution in [0.3, 0.4) is 0 Å². The zero-order valence-electron chi connectivity index (χ0n) is 11.3. The largest absolute Gasteiger partial charge is 0.496 e. The first-order valence-corrected chi connectivity index (χ1v) is 6.45. The van der Waals surface area contributed by atoms with Gasteiger partial charge in [0.25, 0.3) is 0 Å². The maximum absolute atomic E-state index is 10.5. The summed E-state index contributed by atoms with van der Waals surface area (Å²) in [4.78, 5) is 10.5. The number of rotatable bonds is 8. The Morgan fingerprint density at radius 2 is 2.16 bits per heavy atom. The van der Waals surface area contributed by atoms with Gasteiger partial charge in [-0.15, -0.1) is 0 Å². The zero-order valence-corrected chi connectivity index (χ0v) is 11.3. The predicted octanol–water partition coefficient (Wildman–Crippen LogP) is 2.46.